The van der Waals surface area contributed by atoms with E-state index < -0.39 is 0 Å². The number of aromatic nitrogens is 2. The van der Waals surface area contributed by atoms with Crippen LogP contribution in [0.5, 0.6) is 0 Å². The second kappa shape index (κ2) is 9.43. The number of carbonyl (C=O) groups excluding carboxylic acids is 2. The van der Waals surface area contributed by atoms with Crippen LogP contribution in [0.25, 0.3) is 6.08 Å². The van der Waals surface area contributed by atoms with E-state index in [0.29, 0.717) is 18.1 Å². The summed E-state index contributed by atoms with van der Waals surface area (Å²) < 4.78 is 1.76. The summed E-state index contributed by atoms with van der Waals surface area (Å²) in [5.41, 5.74) is 4.08. The zero-order valence-electron chi connectivity index (χ0n) is 18.3. The molecule has 2 amide bonds. The Balaban J connectivity index is 1.61. The number of anilines is 2. The Morgan fingerprint density at radius 3 is 2.26 bits per heavy atom. The normalized spacial score (nSPS) is 11.5. The van der Waals surface area contributed by atoms with Gasteiger partial charge in [0.25, 0.3) is 0 Å². The molecule has 3 aromatic rings. The zero-order valence-corrected chi connectivity index (χ0v) is 18.3. The Hall–Kier alpha value is -3.67. The molecule has 6 nitrogen and oxygen atoms in total. The van der Waals surface area contributed by atoms with E-state index in [1.807, 2.05) is 12.1 Å². The van der Waals surface area contributed by atoms with E-state index in [9.17, 15) is 9.59 Å². The number of nitrogens with zero attached hydrogens (tertiary/aromatic N) is 2. The Morgan fingerprint density at radius 1 is 0.968 bits per heavy atom. The molecule has 0 saturated carbocycles. The molecular weight excluding hydrogens is 388 g/mol. The molecule has 6 heteroatoms. The predicted octanol–water partition coefficient (Wildman–Crippen LogP) is 4.84. The maximum Gasteiger partial charge on any atom is 0.249 e. The number of hydrogen-bond acceptors (Lipinski definition) is 3. The van der Waals surface area contributed by atoms with Crippen LogP contribution in [0.3, 0.4) is 0 Å². The number of rotatable bonds is 6. The summed E-state index contributed by atoms with van der Waals surface area (Å²) in [6, 6.07) is 17.5. The Bertz CT molecular complexity index is 1070. The van der Waals surface area contributed by atoms with Gasteiger partial charge in [0.05, 0.1) is 12.7 Å². The minimum Gasteiger partial charge on any atom is -0.326 e. The number of nitrogens with one attached hydrogen (secondary N) is 2. The average Bonchev–Trinajstić information content (AvgIpc) is 3.13. The highest BCUT2D eigenvalue weighted by molar-refractivity contribution is 6.01. The molecule has 0 fully saturated rings. The van der Waals surface area contributed by atoms with Crippen LogP contribution in [0, 0.1) is 0 Å². The van der Waals surface area contributed by atoms with Gasteiger partial charge in [-0.1, -0.05) is 57.2 Å². The summed E-state index contributed by atoms with van der Waals surface area (Å²) in [7, 11) is 0. The van der Waals surface area contributed by atoms with Crippen LogP contribution >= 0.6 is 0 Å². The molecule has 31 heavy (non-hydrogen) atoms. The van der Waals surface area contributed by atoms with Gasteiger partial charge < -0.3 is 10.6 Å². The van der Waals surface area contributed by atoms with Crippen LogP contribution in [0.15, 0.2) is 66.9 Å². The van der Waals surface area contributed by atoms with Crippen LogP contribution in [-0.4, -0.2) is 21.6 Å². The molecule has 2 N–H and O–H groups in total. The predicted molar refractivity (Wildman–Crippen MR) is 125 cm³/mol. The van der Waals surface area contributed by atoms with Crippen molar-refractivity contribution in [3.63, 3.8) is 0 Å². The molecule has 0 aliphatic heterocycles. The zero-order chi connectivity index (χ0) is 22.4. The molecule has 3 rings (SSSR count). The molecule has 0 atom stereocenters. The van der Waals surface area contributed by atoms with E-state index in [4.69, 9.17) is 0 Å². The fourth-order valence-electron chi connectivity index (χ4n) is 3.07. The van der Waals surface area contributed by atoms with Gasteiger partial charge in [-0.2, -0.15) is 5.10 Å². The molecule has 0 saturated heterocycles. The van der Waals surface area contributed by atoms with Gasteiger partial charge in [0, 0.05) is 24.8 Å². The molecule has 0 radical (unpaired) electrons. The minimum absolute atomic E-state index is 0.111. The Kier molecular flexibility index (Phi) is 6.70. The van der Waals surface area contributed by atoms with E-state index in [2.05, 4.69) is 60.8 Å². The second-order valence-corrected chi connectivity index (χ2v) is 8.45. The quantitative estimate of drug-likeness (QED) is 0.565. The topological polar surface area (TPSA) is 76.0 Å². The van der Waals surface area contributed by atoms with Crippen molar-refractivity contribution in [1.82, 2.24) is 9.78 Å². The standard InChI is InChI=1S/C25H28N4O2/c1-18(30)27-22-12-7-19(8-13-22)9-14-24(31)28-23-15-16-26-29(23)17-20-5-10-21(11-6-20)25(2,3)4/h5-16H,17H2,1-4H3,(H,27,30)(H,28,31)/b14-9+. The van der Waals surface area contributed by atoms with E-state index in [0.717, 1.165) is 11.1 Å². The maximum atomic E-state index is 12.4. The first-order valence-corrected chi connectivity index (χ1v) is 10.2. The van der Waals surface area contributed by atoms with Crippen molar-refractivity contribution in [2.45, 2.75) is 39.7 Å². The summed E-state index contributed by atoms with van der Waals surface area (Å²) in [5, 5.41) is 9.91. The molecule has 0 aliphatic carbocycles. The van der Waals surface area contributed by atoms with Crippen LogP contribution in [0.4, 0.5) is 11.5 Å². The van der Waals surface area contributed by atoms with Gasteiger partial charge >= 0.3 is 0 Å². The molecule has 1 aromatic heterocycles. The van der Waals surface area contributed by atoms with Crippen molar-refractivity contribution < 1.29 is 9.59 Å². The summed E-state index contributed by atoms with van der Waals surface area (Å²) in [5.74, 6) is 0.274. The summed E-state index contributed by atoms with van der Waals surface area (Å²) in [6.07, 6.45) is 4.87. The van der Waals surface area contributed by atoms with E-state index in [-0.39, 0.29) is 17.2 Å². The highest BCUT2D eigenvalue weighted by atomic mass is 16.2. The Labute approximate surface area is 183 Å². The Morgan fingerprint density at radius 2 is 1.65 bits per heavy atom. The van der Waals surface area contributed by atoms with E-state index >= 15 is 0 Å². The third-order valence-electron chi connectivity index (χ3n) is 4.78. The highest BCUT2D eigenvalue weighted by Crippen LogP contribution is 2.22. The van der Waals surface area contributed by atoms with Crippen molar-refractivity contribution >= 4 is 29.4 Å². The van der Waals surface area contributed by atoms with Gasteiger partial charge in [0.15, 0.2) is 0 Å². The highest BCUT2D eigenvalue weighted by Gasteiger charge is 2.13. The first-order valence-electron chi connectivity index (χ1n) is 10.2. The van der Waals surface area contributed by atoms with Crippen molar-refractivity contribution in [3.05, 3.63) is 83.6 Å². The SMILES string of the molecule is CC(=O)Nc1ccc(/C=C/C(=O)Nc2ccnn2Cc2ccc(C(C)(C)C)cc2)cc1. The number of benzene rings is 2. The summed E-state index contributed by atoms with van der Waals surface area (Å²) >= 11 is 0. The van der Waals surface area contributed by atoms with Crippen LogP contribution in [-0.2, 0) is 21.5 Å². The van der Waals surface area contributed by atoms with Crippen LogP contribution in [0.1, 0.15) is 44.4 Å². The van der Waals surface area contributed by atoms with Gasteiger partial charge in [-0.3, -0.25) is 9.59 Å². The van der Waals surface area contributed by atoms with Crippen molar-refractivity contribution in [1.29, 1.82) is 0 Å². The van der Waals surface area contributed by atoms with Crippen LogP contribution in [0.2, 0.25) is 0 Å². The van der Waals surface area contributed by atoms with E-state index in [1.165, 1.54) is 18.6 Å². The smallest absolute Gasteiger partial charge is 0.249 e. The molecule has 0 spiro atoms. The maximum absolute atomic E-state index is 12.4. The lowest BCUT2D eigenvalue weighted by Crippen LogP contribution is -2.14. The number of carbonyl (C=O) groups is 2. The fraction of sp³-hybridized carbons (Fsp3) is 0.240. The van der Waals surface area contributed by atoms with Gasteiger partial charge in [0.2, 0.25) is 11.8 Å². The molecule has 2 aromatic carbocycles. The summed E-state index contributed by atoms with van der Waals surface area (Å²) in [6.45, 7) is 8.60. The lowest BCUT2D eigenvalue weighted by Gasteiger charge is -2.19. The van der Waals surface area contributed by atoms with Gasteiger partial charge in [0.1, 0.15) is 5.82 Å². The first kappa shape index (κ1) is 22.0. The van der Waals surface area contributed by atoms with Gasteiger partial charge in [-0.05, 0) is 40.3 Å². The third kappa shape index (κ3) is 6.40. The fourth-order valence-corrected chi connectivity index (χ4v) is 3.07. The third-order valence-corrected chi connectivity index (χ3v) is 4.78. The molecule has 0 bridgehead atoms. The average molecular weight is 417 g/mol. The number of amides is 2. The lowest BCUT2D eigenvalue weighted by atomic mass is 9.87. The lowest BCUT2D eigenvalue weighted by molar-refractivity contribution is -0.114. The van der Waals surface area contributed by atoms with Gasteiger partial charge in [-0.25, -0.2) is 4.68 Å². The van der Waals surface area contributed by atoms with Crippen molar-refractivity contribution in [2.75, 3.05) is 10.6 Å². The second-order valence-electron chi connectivity index (χ2n) is 8.45. The minimum atomic E-state index is -0.240. The molecule has 0 unspecified atom stereocenters. The molecule has 1 heterocycles. The first-order chi connectivity index (χ1) is 14.7. The largest absolute Gasteiger partial charge is 0.326 e. The van der Waals surface area contributed by atoms with Crippen molar-refractivity contribution in [2.24, 2.45) is 0 Å². The van der Waals surface area contributed by atoms with E-state index in [1.54, 1.807) is 35.2 Å². The molecule has 0 aliphatic rings. The monoisotopic (exact) mass is 416 g/mol. The van der Waals surface area contributed by atoms with Gasteiger partial charge in [-0.15, -0.1) is 0 Å². The molecular formula is C25H28N4O2. The van der Waals surface area contributed by atoms with Crippen molar-refractivity contribution in [3.8, 4) is 0 Å². The number of hydrogen-bond donors (Lipinski definition) is 2. The summed E-state index contributed by atoms with van der Waals surface area (Å²) in [4.78, 5) is 23.4. The van der Waals surface area contributed by atoms with Crippen LogP contribution < -0.4 is 10.6 Å². The molecule has 160 valence electrons.